The lowest BCUT2D eigenvalue weighted by molar-refractivity contribution is -0.285. The molecule has 7 nitrogen and oxygen atoms in total. The largest absolute Gasteiger partial charge is 0.453 e. The van der Waals surface area contributed by atoms with E-state index < -0.39 is 36.4 Å². The molecule has 0 fully saturated rings. The first-order valence-corrected chi connectivity index (χ1v) is 11.2. The molecule has 0 saturated carbocycles. The van der Waals surface area contributed by atoms with E-state index >= 15 is 0 Å². The van der Waals surface area contributed by atoms with Crippen LogP contribution in [-0.4, -0.2) is 45.1 Å². The molecule has 6 rings (SSSR count). The number of alkyl halides is 5. The highest BCUT2D eigenvalue weighted by molar-refractivity contribution is 6.47. The summed E-state index contributed by atoms with van der Waals surface area (Å²) in [6.07, 6.45) is -1.50. The van der Waals surface area contributed by atoms with Gasteiger partial charge in [-0.25, -0.2) is 4.98 Å². The van der Waals surface area contributed by atoms with E-state index in [0.29, 0.717) is 28.2 Å². The summed E-state index contributed by atoms with van der Waals surface area (Å²) in [5.74, 6) is -6.25. The first kappa shape index (κ1) is 23.1. The van der Waals surface area contributed by atoms with Crippen LogP contribution in [0.25, 0.3) is 11.2 Å². The second kappa shape index (κ2) is 7.82. The highest BCUT2D eigenvalue weighted by Crippen LogP contribution is 2.46. The number of nitrogens with zero attached hydrogens (tertiary/aromatic N) is 4. The number of imidazole rings is 1. The maximum absolute atomic E-state index is 14.0. The number of aromatic nitrogens is 2. The van der Waals surface area contributed by atoms with Crippen LogP contribution in [0.15, 0.2) is 71.8 Å². The fourth-order valence-electron chi connectivity index (χ4n) is 5.06. The Kier molecular flexibility index (Phi) is 4.88. The van der Waals surface area contributed by atoms with Crippen molar-refractivity contribution in [3.63, 3.8) is 0 Å². The van der Waals surface area contributed by atoms with Crippen LogP contribution in [0.2, 0.25) is 0 Å². The highest BCUT2D eigenvalue weighted by atomic mass is 19.4. The number of aliphatic imine (C=N–C) groups is 1. The van der Waals surface area contributed by atoms with E-state index in [-0.39, 0.29) is 23.3 Å². The molecular weight excluding hydrogens is 497 g/mol. The van der Waals surface area contributed by atoms with Gasteiger partial charge in [0.25, 0.3) is 11.8 Å². The van der Waals surface area contributed by atoms with Crippen molar-refractivity contribution in [3.05, 3.63) is 83.6 Å². The standard InChI is InChI=1S/C25H16F5N5O2/c26-24(27,25(28,29)30)11-14-10-13-4-3-5-15-20(31-7-9-34(14)21(13)15)19-18(22(36)33-23(19)37)16-12-32-17-6-1-2-8-35(16)17/h1-9,12,14H,10-11H2,(H,33,36,37). The van der Waals surface area contributed by atoms with Crippen LogP contribution in [0.5, 0.6) is 0 Å². The van der Waals surface area contributed by atoms with Crippen molar-refractivity contribution in [1.82, 2.24) is 14.7 Å². The Morgan fingerprint density at radius 1 is 1.00 bits per heavy atom. The summed E-state index contributed by atoms with van der Waals surface area (Å²) in [5.41, 5.74) is 2.21. The number of rotatable bonds is 4. The molecule has 188 valence electrons. The summed E-state index contributed by atoms with van der Waals surface area (Å²) >= 11 is 0. The molecule has 2 amide bonds. The van der Waals surface area contributed by atoms with Crippen LogP contribution in [0.3, 0.4) is 0 Å². The predicted molar refractivity (Wildman–Crippen MR) is 123 cm³/mol. The fourth-order valence-corrected chi connectivity index (χ4v) is 5.06. The number of fused-ring (bicyclic) bond motifs is 1. The Bertz CT molecular complexity index is 1580. The molecule has 1 aromatic carbocycles. The molecule has 0 saturated heterocycles. The minimum absolute atomic E-state index is 0.0278. The minimum atomic E-state index is -5.68. The van der Waals surface area contributed by atoms with Crippen molar-refractivity contribution in [1.29, 1.82) is 0 Å². The van der Waals surface area contributed by atoms with Crippen LogP contribution < -0.4 is 10.2 Å². The number of nitrogens with one attached hydrogen (secondary N) is 1. The number of anilines is 1. The van der Waals surface area contributed by atoms with Crippen molar-refractivity contribution < 1.29 is 31.5 Å². The molecular formula is C25H16F5N5O2. The lowest BCUT2D eigenvalue weighted by Crippen LogP contribution is -2.43. The normalized spacial score (nSPS) is 19.4. The van der Waals surface area contributed by atoms with Crippen molar-refractivity contribution in [2.24, 2.45) is 4.99 Å². The summed E-state index contributed by atoms with van der Waals surface area (Å²) in [6.45, 7) is 0. The predicted octanol–water partition coefficient (Wildman–Crippen LogP) is 4.04. The number of hydrogen-bond acceptors (Lipinski definition) is 5. The Labute approximate surface area is 205 Å². The second-order valence-corrected chi connectivity index (χ2v) is 8.87. The Hall–Kier alpha value is -4.35. The number of amides is 2. The summed E-state index contributed by atoms with van der Waals surface area (Å²) in [6, 6.07) is 8.87. The first-order valence-electron chi connectivity index (χ1n) is 11.2. The van der Waals surface area contributed by atoms with E-state index in [4.69, 9.17) is 0 Å². The topological polar surface area (TPSA) is 79.1 Å². The number of carbonyl (C=O) groups is 2. The van der Waals surface area contributed by atoms with Gasteiger partial charge in [0.15, 0.2) is 0 Å². The first-order chi connectivity index (χ1) is 17.6. The molecule has 0 spiro atoms. The smallest absolute Gasteiger partial charge is 0.342 e. The van der Waals surface area contributed by atoms with Gasteiger partial charge in [-0.1, -0.05) is 24.3 Å². The minimum Gasteiger partial charge on any atom is -0.342 e. The zero-order chi connectivity index (χ0) is 26.1. The Morgan fingerprint density at radius 2 is 1.78 bits per heavy atom. The average Bonchev–Trinajstić information content (AvgIpc) is 3.44. The molecule has 1 unspecified atom stereocenters. The summed E-state index contributed by atoms with van der Waals surface area (Å²) < 4.78 is 68.5. The zero-order valence-corrected chi connectivity index (χ0v) is 18.8. The zero-order valence-electron chi connectivity index (χ0n) is 18.8. The van der Waals surface area contributed by atoms with Gasteiger partial charge in [-0.15, -0.1) is 0 Å². The van der Waals surface area contributed by atoms with Crippen LogP contribution in [0.1, 0.15) is 23.2 Å². The third kappa shape index (κ3) is 3.46. The monoisotopic (exact) mass is 513 g/mol. The average molecular weight is 513 g/mol. The summed E-state index contributed by atoms with van der Waals surface area (Å²) in [7, 11) is 0. The molecule has 12 heteroatoms. The van der Waals surface area contributed by atoms with E-state index in [1.165, 1.54) is 23.5 Å². The number of benzene rings is 1. The fraction of sp³-hybridized carbons (Fsp3) is 0.200. The number of halogens is 5. The number of hydrogen-bond donors (Lipinski definition) is 1. The summed E-state index contributed by atoms with van der Waals surface area (Å²) in [5, 5.41) is 2.28. The van der Waals surface area contributed by atoms with Crippen LogP contribution in [-0.2, 0) is 16.0 Å². The van der Waals surface area contributed by atoms with Gasteiger partial charge in [0.05, 0.1) is 34.4 Å². The lowest BCUT2D eigenvalue weighted by atomic mass is 9.94. The maximum atomic E-state index is 14.0. The van der Waals surface area contributed by atoms with E-state index in [9.17, 15) is 31.5 Å². The second-order valence-electron chi connectivity index (χ2n) is 8.87. The van der Waals surface area contributed by atoms with Crippen molar-refractivity contribution in [3.8, 4) is 0 Å². The van der Waals surface area contributed by atoms with Gasteiger partial charge in [0, 0.05) is 36.6 Å². The van der Waals surface area contributed by atoms with Crippen molar-refractivity contribution in [2.75, 3.05) is 4.90 Å². The molecule has 2 aromatic heterocycles. The molecule has 5 heterocycles. The van der Waals surface area contributed by atoms with Crippen molar-refractivity contribution >= 4 is 34.4 Å². The highest BCUT2D eigenvalue weighted by Gasteiger charge is 2.59. The molecule has 1 atom stereocenters. The lowest BCUT2D eigenvalue weighted by Gasteiger charge is -2.28. The molecule has 0 aliphatic carbocycles. The third-order valence-corrected chi connectivity index (χ3v) is 6.66. The van der Waals surface area contributed by atoms with E-state index in [1.807, 2.05) is 0 Å². The molecule has 3 aromatic rings. The van der Waals surface area contributed by atoms with Crippen molar-refractivity contribution in [2.45, 2.75) is 31.0 Å². The van der Waals surface area contributed by atoms with E-state index in [1.54, 1.807) is 47.0 Å². The molecule has 37 heavy (non-hydrogen) atoms. The Balaban J connectivity index is 1.49. The van der Waals surface area contributed by atoms with Gasteiger partial charge in [-0.2, -0.15) is 22.0 Å². The third-order valence-electron chi connectivity index (χ3n) is 6.66. The molecule has 3 aliphatic rings. The molecule has 0 bridgehead atoms. The maximum Gasteiger partial charge on any atom is 0.453 e. The van der Waals surface area contributed by atoms with Gasteiger partial charge in [0.2, 0.25) is 0 Å². The van der Waals surface area contributed by atoms with E-state index in [2.05, 4.69) is 15.3 Å². The van der Waals surface area contributed by atoms with E-state index in [0.717, 1.165) is 0 Å². The van der Waals surface area contributed by atoms with Gasteiger partial charge in [-0.3, -0.25) is 24.3 Å². The number of carbonyl (C=O) groups excluding carboxylic acids is 2. The van der Waals surface area contributed by atoms with Gasteiger partial charge in [-0.05, 0) is 24.1 Å². The van der Waals surface area contributed by atoms with Gasteiger partial charge in [0.1, 0.15) is 5.65 Å². The summed E-state index contributed by atoms with van der Waals surface area (Å²) in [4.78, 5) is 35.9. The number of imide groups is 1. The quantitative estimate of drug-likeness (QED) is 0.422. The van der Waals surface area contributed by atoms with Gasteiger partial charge < -0.3 is 4.90 Å². The number of pyridine rings is 1. The molecule has 1 N–H and O–H groups in total. The number of para-hydroxylation sites is 1. The Morgan fingerprint density at radius 3 is 2.57 bits per heavy atom. The van der Waals surface area contributed by atoms with Crippen LogP contribution >= 0.6 is 0 Å². The van der Waals surface area contributed by atoms with Crippen LogP contribution in [0, 0.1) is 0 Å². The van der Waals surface area contributed by atoms with Crippen LogP contribution in [0.4, 0.5) is 27.6 Å². The molecule has 0 radical (unpaired) electrons. The molecule has 3 aliphatic heterocycles. The SMILES string of the molecule is O=C1NC(=O)C(c2cnc3ccccn23)=C1C1=NC=CN2c3c(cccc31)CC2CC(F)(F)C(F)(F)F. The van der Waals surface area contributed by atoms with Gasteiger partial charge >= 0.3 is 12.1 Å².